The van der Waals surface area contributed by atoms with Gasteiger partial charge < -0.3 is 14.5 Å². The van der Waals surface area contributed by atoms with E-state index in [1.807, 2.05) is 37.3 Å². The number of nitrogens with one attached hydrogen (secondary N) is 2. The number of H-pyrrole nitrogens is 1. The first-order valence-corrected chi connectivity index (χ1v) is 8.11. The summed E-state index contributed by atoms with van der Waals surface area (Å²) in [6.07, 6.45) is 1.58. The van der Waals surface area contributed by atoms with Crippen molar-refractivity contribution in [3.05, 3.63) is 53.2 Å². The average molecular weight is 358 g/mol. The summed E-state index contributed by atoms with van der Waals surface area (Å²) in [6.45, 7) is 1.91. The van der Waals surface area contributed by atoms with E-state index in [9.17, 15) is 4.79 Å². The number of aromatic nitrogens is 3. The zero-order valence-electron chi connectivity index (χ0n) is 13.9. The van der Waals surface area contributed by atoms with Crippen molar-refractivity contribution in [3.8, 4) is 17.1 Å². The second-order valence-corrected chi connectivity index (χ2v) is 5.86. The molecule has 0 saturated heterocycles. The minimum Gasteiger partial charge on any atom is -0.497 e. The molecule has 1 amide bonds. The van der Waals surface area contributed by atoms with Gasteiger partial charge in [-0.1, -0.05) is 0 Å². The first-order chi connectivity index (χ1) is 12.1. The van der Waals surface area contributed by atoms with Crippen LogP contribution in [0.25, 0.3) is 11.4 Å². The van der Waals surface area contributed by atoms with Crippen molar-refractivity contribution < 1.29 is 13.9 Å². The highest BCUT2D eigenvalue weighted by atomic mass is 32.1. The Morgan fingerprint density at radius 3 is 2.80 bits per heavy atom. The van der Waals surface area contributed by atoms with Gasteiger partial charge in [0.25, 0.3) is 0 Å². The van der Waals surface area contributed by atoms with E-state index >= 15 is 0 Å². The molecule has 130 valence electrons. The van der Waals surface area contributed by atoms with Crippen LogP contribution in [0.3, 0.4) is 0 Å². The fourth-order valence-electron chi connectivity index (χ4n) is 2.46. The molecule has 1 aromatic carbocycles. The topological polar surface area (TPSA) is 85.1 Å². The Balaban J connectivity index is 1.77. The molecule has 0 saturated carbocycles. The van der Waals surface area contributed by atoms with Crippen LogP contribution in [0.5, 0.6) is 5.75 Å². The number of amides is 1. The Bertz CT molecular complexity index is 897. The lowest BCUT2D eigenvalue weighted by Crippen LogP contribution is -2.30. The number of furan rings is 1. The SMILES string of the molecule is COc1ccc(-c2n[nH]c(=S)n2CC(=O)N[C@@H](C)c2ccco2)cc1. The summed E-state index contributed by atoms with van der Waals surface area (Å²) < 4.78 is 12.5. The summed E-state index contributed by atoms with van der Waals surface area (Å²) in [5, 5.41) is 9.85. The lowest BCUT2D eigenvalue weighted by atomic mass is 10.2. The number of carbonyl (C=O) groups excluding carboxylic acids is 1. The molecule has 2 N–H and O–H groups in total. The van der Waals surface area contributed by atoms with Crippen LogP contribution in [-0.2, 0) is 11.3 Å². The molecule has 0 aliphatic carbocycles. The van der Waals surface area contributed by atoms with Gasteiger partial charge in [-0.05, 0) is 55.5 Å². The first-order valence-electron chi connectivity index (χ1n) is 7.71. The molecular formula is C17H18N4O3S. The van der Waals surface area contributed by atoms with E-state index in [1.54, 1.807) is 24.0 Å². The predicted octanol–water partition coefficient (Wildman–Crippen LogP) is 3.09. The number of benzene rings is 1. The molecular weight excluding hydrogens is 340 g/mol. The zero-order valence-corrected chi connectivity index (χ0v) is 14.7. The van der Waals surface area contributed by atoms with Gasteiger partial charge in [0.05, 0.1) is 19.4 Å². The van der Waals surface area contributed by atoms with E-state index in [-0.39, 0.29) is 18.5 Å². The largest absolute Gasteiger partial charge is 0.497 e. The van der Waals surface area contributed by atoms with Crippen molar-refractivity contribution in [2.75, 3.05) is 7.11 Å². The quantitative estimate of drug-likeness (QED) is 0.662. The number of hydrogen-bond acceptors (Lipinski definition) is 5. The third-order valence-corrected chi connectivity index (χ3v) is 4.07. The lowest BCUT2D eigenvalue weighted by Gasteiger charge is -2.12. The van der Waals surface area contributed by atoms with E-state index in [0.29, 0.717) is 16.4 Å². The van der Waals surface area contributed by atoms with E-state index in [1.165, 1.54) is 0 Å². The molecule has 25 heavy (non-hydrogen) atoms. The van der Waals surface area contributed by atoms with Gasteiger partial charge in [0, 0.05) is 5.56 Å². The van der Waals surface area contributed by atoms with Crippen molar-refractivity contribution in [2.45, 2.75) is 19.5 Å². The van der Waals surface area contributed by atoms with Crippen molar-refractivity contribution in [2.24, 2.45) is 0 Å². The number of aromatic amines is 1. The highest BCUT2D eigenvalue weighted by Gasteiger charge is 2.16. The van der Waals surface area contributed by atoms with Crippen LogP contribution < -0.4 is 10.1 Å². The molecule has 2 heterocycles. The molecule has 0 bridgehead atoms. The number of nitrogens with zero attached hydrogens (tertiary/aromatic N) is 2. The summed E-state index contributed by atoms with van der Waals surface area (Å²) in [6, 6.07) is 10.8. The third kappa shape index (κ3) is 3.80. The maximum atomic E-state index is 12.4. The van der Waals surface area contributed by atoms with Crippen LogP contribution in [0.2, 0.25) is 0 Å². The van der Waals surface area contributed by atoms with Crippen LogP contribution in [0, 0.1) is 4.77 Å². The van der Waals surface area contributed by atoms with Crippen LogP contribution >= 0.6 is 12.2 Å². The fraction of sp³-hybridized carbons (Fsp3) is 0.235. The van der Waals surface area contributed by atoms with Gasteiger partial charge in [-0.2, -0.15) is 5.10 Å². The summed E-state index contributed by atoms with van der Waals surface area (Å²) in [5.74, 6) is 1.85. The normalized spacial score (nSPS) is 11.9. The second kappa shape index (κ2) is 7.35. The van der Waals surface area contributed by atoms with Gasteiger partial charge in [-0.25, -0.2) is 0 Å². The molecule has 7 nitrogen and oxygen atoms in total. The second-order valence-electron chi connectivity index (χ2n) is 5.47. The Hall–Kier alpha value is -2.87. The molecule has 0 aliphatic rings. The predicted molar refractivity (Wildman–Crippen MR) is 94.7 cm³/mol. The molecule has 1 atom stereocenters. The zero-order chi connectivity index (χ0) is 17.8. The van der Waals surface area contributed by atoms with Crippen molar-refractivity contribution in [1.29, 1.82) is 0 Å². The molecule has 0 fully saturated rings. The smallest absolute Gasteiger partial charge is 0.240 e. The van der Waals surface area contributed by atoms with Crippen molar-refractivity contribution >= 4 is 18.1 Å². The van der Waals surface area contributed by atoms with Crippen LogP contribution in [0.1, 0.15) is 18.7 Å². The Morgan fingerprint density at radius 1 is 1.40 bits per heavy atom. The van der Waals surface area contributed by atoms with Crippen LogP contribution in [0.15, 0.2) is 47.1 Å². The third-order valence-electron chi connectivity index (χ3n) is 3.76. The van der Waals surface area contributed by atoms with Crippen LogP contribution in [-0.4, -0.2) is 27.8 Å². The number of methoxy groups -OCH3 is 1. The van der Waals surface area contributed by atoms with Gasteiger partial charge in [0.15, 0.2) is 10.6 Å². The molecule has 3 rings (SSSR count). The van der Waals surface area contributed by atoms with E-state index in [0.717, 1.165) is 11.3 Å². The van der Waals surface area contributed by atoms with Gasteiger partial charge in [-0.3, -0.25) is 14.5 Å². The molecule has 2 aromatic heterocycles. The summed E-state index contributed by atoms with van der Waals surface area (Å²) in [7, 11) is 1.61. The number of ether oxygens (including phenoxy) is 1. The van der Waals surface area contributed by atoms with E-state index < -0.39 is 0 Å². The Morgan fingerprint density at radius 2 is 2.16 bits per heavy atom. The average Bonchev–Trinajstić information content (AvgIpc) is 3.26. The monoisotopic (exact) mass is 358 g/mol. The summed E-state index contributed by atoms with van der Waals surface area (Å²) in [5.41, 5.74) is 0.833. The van der Waals surface area contributed by atoms with Crippen molar-refractivity contribution in [1.82, 2.24) is 20.1 Å². The molecule has 8 heteroatoms. The maximum absolute atomic E-state index is 12.4. The highest BCUT2D eigenvalue weighted by Crippen LogP contribution is 2.21. The standard InChI is InChI=1S/C17H18N4O3S/c1-11(14-4-3-9-24-14)18-15(22)10-21-16(19-20-17(21)25)12-5-7-13(23-2)8-6-12/h3-9,11H,10H2,1-2H3,(H,18,22)(H,20,25)/t11-/m0/s1. The molecule has 0 radical (unpaired) electrons. The lowest BCUT2D eigenvalue weighted by molar-refractivity contribution is -0.122. The van der Waals surface area contributed by atoms with Gasteiger partial charge >= 0.3 is 0 Å². The number of hydrogen-bond donors (Lipinski definition) is 2. The Labute approximate surface area is 149 Å². The Kier molecular flexibility index (Phi) is 4.99. The summed E-state index contributed by atoms with van der Waals surface area (Å²) in [4.78, 5) is 12.4. The maximum Gasteiger partial charge on any atom is 0.240 e. The minimum atomic E-state index is -0.229. The van der Waals surface area contributed by atoms with E-state index in [2.05, 4.69) is 15.5 Å². The van der Waals surface area contributed by atoms with Gasteiger partial charge in [-0.15, -0.1) is 0 Å². The van der Waals surface area contributed by atoms with Crippen molar-refractivity contribution in [3.63, 3.8) is 0 Å². The molecule has 0 aliphatic heterocycles. The van der Waals surface area contributed by atoms with E-state index in [4.69, 9.17) is 21.4 Å². The molecule has 0 spiro atoms. The fourth-order valence-corrected chi connectivity index (χ4v) is 2.66. The summed E-state index contributed by atoms with van der Waals surface area (Å²) >= 11 is 5.25. The molecule has 3 aromatic rings. The highest BCUT2D eigenvalue weighted by molar-refractivity contribution is 7.71. The number of carbonyl (C=O) groups is 1. The minimum absolute atomic E-state index is 0.0573. The van der Waals surface area contributed by atoms with Gasteiger partial charge in [0.2, 0.25) is 5.91 Å². The van der Waals surface area contributed by atoms with Crippen LogP contribution in [0.4, 0.5) is 0 Å². The first kappa shape index (κ1) is 17.0. The molecule has 0 unspecified atom stereocenters. The van der Waals surface area contributed by atoms with Gasteiger partial charge in [0.1, 0.15) is 18.1 Å². The number of rotatable bonds is 6.